The average molecular weight is 294 g/mol. The van der Waals surface area contributed by atoms with Crippen LogP contribution in [0.5, 0.6) is 0 Å². The van der Waals surface area contributed by atoms with Crippen molar-refractivity contribution in [1.82, 2.24) is 5.32 Å². The molecule has 0 fully saturated rings. The SMILES string of the molecule is Nc1ccc(CC(=O)NCC2CCCc3ccccc32)cc1. The van der Waals surface area contributed by atoms with Crippen LogP contribution in [0.15, 0.2) is 48.5 Å². The topological polar surface area (TPSA) is 55.1 Å². The molecule has 1 aliphatic rings. The summed E-state index contributed by atoms with van der Waals surface area (Å²) in [4.78, 5) is 12.1. The largest absolute Gasteiger partial charge is 0.399 e. The van der Waals surface area contributed by atoms with Crippen molar-refractivity contribution in [2.24, 2.45) is 0 Å². The number of nitrogen functional groups attached to an aromatic ring is 1. The number of aryl methyl sites for hydroxylation is 1. The number of benzene rings is 2. The molecule has 3 rings (SSSR count). The second-order valence-corrected chi connectivity index (χ2v) is 6.01. The molecule has 0 saturated carbocycles. The molecule has 1 atom stereocenters. The fourth-order valence-corrected chi connectivity index (χ4v) is 3.19. The summed E-state index contributed by atoms with van der Waals surface area (Å²) in [7, 11) is 0. The van der Waals surface area contributed by atoms with Gasteiger partial charge in [-0.2, -0.15) is 0 Å². The Morgan fingerprint density at radius 2 is 1.91 bits per heavy atom. The van der Waals surface area contributed by atoms with Gasteiger partial charge in [0.05, 0.1) is 6.42 Å². The van der Waals surface area contributed by atoms with Gasteiger partial charge in [0, 0.05) is 18.2 Å². The molecular weight excluding hydrogens is 272 g/mol. The zero-order chi connectivity index (χ0) is 15.4. The molecule has 2 aromatic carbocycles. The van der Waals surface area contributed by atoms with Crippen molar-refractivity contribution in [2.75, 3.05) is 12.3 Å². The summed E-state index contributed by atoms with van der Waals surface area (Å²) in [6, 6.07) is 16.1. The van der Waals surface area contributed by atoms with Crippen LogP contribution in [0.25, 0.3) is 0 Å². The van der Waals surface area contributed by atoms with Crippen LogP contribution in [0.1, 0.15) is 35.4 Å². The first kappa shape index (κ1) is 14.6. The van der Waals surface area contributed by atoms with Gasteiger partial charge in [-0.25, -0.2) is 0 Å². The number of fused-ring (bicyclic) bond motifs is 1. The number of amides is 1. The summed E-state index contributed by atoms with van der Waals surface area (Å²) in [5.74, 6) is 0.521. The van der Waals surface area contributed by atoms with E-state index in [1.807, 2.05) is 24.3 Å². The molecule has 0 radical (unpaired) electrons. The van der Waals surface area contributed by atoms with Crippen LogP contribution in [0.3, 0.4) is 0 Å². The van der Waals surface area contributed by atoms with Gasteiger partial charge >= 0.3 is 0 Å². The molecule has 0 aliphatic heterocycles. The maximum atomic E-state index is 12.1. The molecule has 22 heavy (non-hydrogen) atoms. The van der Waals surface area contributed by atoms with E-state index in [4.69, 9.17) is 5.73 Å². The lowest BCUT2D eigenvalue weighted by atomic mass is 9.83. The molecule has 0 bridgehead atoms. The summed E-state index contributed by atoms with van der Waals surface area (Å²) in [5.41, 5.74) is 10.2. The number of carbonyl (C=O) groups is 1. The molecule has 1 amide bonds. The van der Waals surface area contributed by atoms with Crippen LogP contribution in [0, 0.1) is 0 Å². The molecule has 2 aromatic rings. The quantitative estimate of drug-likeness (QED) is 0.852. The first-order chi connectivity index (χ1) is 10.7. The Labute approximate surface area is 131 Å². The van der Waals surface area contributed by atoms with E-state index in [1.54, 1.807) is 0 Å². The molecule has 3 nitrogen and oxygen atoms in total. The summed E-state index contributed by atoms with van der Waals surface area (Å²) >= 11 is 0. The van der Waals surface area contributed by atoms with Gasteiger partial charge in [0.2, 0.25) is 5.91 Å². The van der Waals surface area contributed by atoms with Crippen molar-refractivity contribution >= 4 is 11.6 Å². The lowest BCUT2D eigenvalue weighted by Gasteiger charge is -2.25. The van der Waals surface area contributed by atoms with E-state index in [9.17, 15) is 4.79 Å². The van der Waals surface area contributed by atoms with Crippen LogP contribution in [-0.2, 0) is 17.6 Å². The highest BCUT2D eigenvalue weighted by molar-refractivity contribution is 5.78. The summed E-state index contributed by atoms with van der Waals surface area (Å²) in [5, 5.41) is 3.09. The Morgan fingerprint density at radius 1 is 1.14 bits per heavy atom. The van der Waals surface area contributed by atoms with Crippen molar-refractivity contribution < 1.29 is 4.79 Å². The summed E-state index contributed by atoms with van der Waals surface area (Å²) in [6.45, 7) is 0.727. The molecule has 1 unspecified atom stereocenters. The fourth-order valence-electron chi connectivity index (χ4n) is 3.19. The number of rotatable bonds is 4. The van der Waals surface area contributed by atoms with Crippen molar-refractivity contribution in [3.05, 3.63) is 65.2 Å². The fraction of sp³-hybridized carbons (Fsp3) is 0.316. The zero-order valence-corrected chi connectivity index (χ0v) is 12.7. The van der Waals surface area contributed by atoms with E-state index in [-0.39, 0.29) is 5.91 Å². The minimum Gasteiger partial charge on any atom is -0.399 e. The molecule has 1 aliphatic carbocycles. The molecule has 0 heterocycles. The van der Waals surface area contributed by atoms with Crippen LogP contribution in [0.4, 0.5) is 5.69 Å². The van der Waals surface area contributed by atoms with Gasteiger partial charge in [0.1, 0.15) is 0 Å². The summed E-state index contributed by atoms with van der Waals surface area (Å²) < 4.78 is 0. The Bertz CT molecular complexity index is 649. The molecule has 0 spiro atoms. The van der Waals surface area contributed by atoms with Crippen LogP contribution in [0.2, 0.25) is 0 Å². The Kier molecular flexibility index (Phi) is 4.42. The number of anilines is 1. The lowest BCUT2D eigenvalue weighted by Crippen LogP contribution is -2.31. The highest BCUT2D eigenvalue weighted by Crippen LogP contribution is 2.30. The van der Waals surface area contributed by atoms with E-state index in [1.165, 1.54) is 17.5 Å². The van der Waals surface area contributed by atoms with Crippen molar-refractivity contribution in [1.29, 1.82) is 0 Å². The van der Waals surface area contributed by atoms with Crippen molar-refractivity contribution in [2.45, 2.75) is 31.6 Å². The molecular formula is C19H22N2O. The van der Waals surface area contributed by atoms with E-state index >= 15 is 0 Å². The second kappa shape index (κ2) is 6.65. The van der Waals surface area contributed by atoms with Crippen molar-refractivity contribution in [3.63, 3.8) is 0 Å². The van der Waals surface area contributed by atoms with Crippen molar-refractivity contribution in [3.8, 4) is 0 Å². The molecule has 3 heteroatoms. The Morgan fingerprint density at radius 3 is 2.73 bits per heavy atom. The molecule has 0 saturated heterocycles. The Hall–Kier alpha value is -2.29. The van der Waals surface area contributed by atoms with E-state index < -0.39 is 0 Å². The third-order valence-corrected chi connectivity index (χ3v) is 4.38. The number of nitrogens with two attached hydrogens (primary N) is 1. The third kappa shape index (κ3) is 3.48. The standard InChI is InChI=1S/C19H22N2O/c20-17-10-8-14(9-11-17)12-19(22)21-13-16-6-3-5-15-4-1-2-7-18(15)16/h1-2,4,7-11,16H,3,5-6,12-13,20H2,(H,21,22). The minimum atomic E-state index is 0.0767. The molecule has 3 N–H and O–H groups in total. The third-order valence-electron chi connectivity index (χ3n) is 4.38. The molecule has 114 valence electrons. The van der Waals surface area contributed by atoms with Crippen LogP contribution < -0.4 is 11.1 Å². The number of carbonyl (C=O) groups excluding carboxylic acids is 1. The zero-order valence-electron chi connectivity index (χ0n) is 12.7. The van der Waals surface area contributed by atoms with Gasteiger partial charge in [-0.15, -0.1) is 0 Å². The Balaban J connectivity index is 1.56. The highest BCUT2D eigenvalue weighted by atomic mass is 16.1. The predicted molar refractivity (Wildman–Crippen MR) is 89.7 cm³/mol. The van der Waals surface area contributed by atoms with E-state index in [0.717, 1.165) is 30.6 Å². The smallest absolute Gasteiger partial charge is 0.224 e. The van der Waals surface area contributed by atoms with Crippen LogP contribution >= 0.6 is 0 Å². The summed E-state index contributed by atoms with van der Waals surface area (Å²) in [6.07, 6.45) is 3.93. The highest BCUT2D eigenvalue weighted by Gasteiger charge is 2.20. The van der Waals surface area contributed by atoms with Gasteiger partial charge in [-0.05, 0) is 48.1 Å². The van der Waals surface area contributed by atoms with Gasteiger partial charge < -0.3 is 11.1 Å². The van der Waals surface area contributed by atoms with Gasteiger partial charge in [0.15, 0.2) is 0 Å². The first-order valence-corrected chi connectivity index (χ1v) is 7.91. The second-order valence-electron chi connectivity index (χ2n) is 6.01. The monoisotopic (exact) mass is 294 g/mol. The lowest BCUT2D eigenvalue weighted by molar-refractivity contribution is -0.120. The van der Waals surface area contributed by atoms with E-state index in [2.05, 4.69) is 29.6 Å². The normalized spacial score (nSPS) is 16.8. The van der Waals surface area contributed by atoms with Gasteiger partial charge in [-0.3, -0.25) is 4.79 Å². The predicted octanol–water partition coefficient (Wildman–Crippen LogP) is 3.05. The number of hydrogen-bond donors (Lipinski definition) is 2. The molecule has 0 aromatic heterocycles. The average Bonchev–Trinajstić information content (AvgIpc) is 2.55. The van der Waals surface area contributed by atoms with Gasteiger partial charge in [0.25, 0.3) is 0 Å². The van der Waals surface area contributed by atoms with Crippen LogP contribution in [-0.4, -0.2) is 12.5 Å². The minimum absolute atomic E-state index is 0.0767. The first-order valence-electron chi connectivity index (χ1n) is 7.91. The number of hydrogen-bond acceptors (Lipinski definition) is 2. The number of nitrogens with one attached hydrogen (secondary N) is 1. The van der Waals surface area contributed by atoms with Gasteiger partial charge in [-0.1, -0.05) is 36.4 Å². The maximum Gasteiger partial charge on any atom is 0.224 e. The maximum absolute atomic E-state index is 12.1. The van der Waals surface area contributed by atoms with E-state index in [0.29, 0.717) is 12.3 Å².